The molecule has 0 radical (unpaired) electrons. The lowest BCUT2D eigenvalue weighted by molar-refractivity contribution is -0.139. The average molecular weight is 561 g/mol. The van der Waals surface area contributed by atoms with E-state index in [0.29, 0.717) is 17.5 Å². The van der Waals surface area contributed by atoms with E-state index < -0.39 is 0 Å². The lowest BCUT2D eigenvalue weighted by Crippen LogP contribution is -2.45. The SMILES string of the molecule is COc1ccc(CN2CCC3(CCN(CCC(NC(=O)C4CCC4)c4cccc(Cl)c4)CC3)C2=O)cc1.Cl. The number of benzene rings is 2. The van der Waals surface area contributed by atoms with Gasteiger partial charge in [-0.1, -0.05) is 42.3 Å². The van der Waals surface area contributed by atoms with Crippen LogP contribution in [0, 0.1) is 11.3 Å². The van der Waals surface area contributed by atoms with Gasteiger partial charge in [-0.15, -0.1) is 12.4 Å². The molecule has 2 aliphatic heterocycles. The minimum atomic E-state index is -0.215. The van der Waals surface area contributed by atoms with Crippen molar-refractivity contribution >= 4 is 35.8 Å². The Morgan fingerprint density at radius 3 is 2.45 bits per heavy atom. The fourth-order valence-electron chi connectivity index (χ4n) is 5.98. The molecular weight excluding hydrogens is 521 g/mol. The summed E-state index contributed by atoms with van der Waals surface area (Å²) < 4.78 is 5.25. The van der Waals surface area contributed by atoms with Crippen LogP contribution in [0.2, 0.25) is 5.02 Å². The fourth-order valence-corrected chi connectivity index (χ4v) is 6.18. The maximum atomic E-state index is 13.4. The monoisotopic (exact) mass is 559 g/mol. The van der Waals surface area contributed by atoms with Gasteiger partial charge >= 0.3 is 0 Å². The number of rotatable bonds is 9. The van der Waals surface area contributed by atoms with Gasteiger partial charge in [-0.05, 0) is 87.0 Å². The quantitative estimate of drug-likeness (QED) is 0.432. The van der Waals surface area contributed by atoms with Crippen molar-refractivity contribution in [2.24, 2.45) is 11.3 Å². The summed E-state index contributed by atoms with van der Waals surface area (Å²) in [6.07, 6.45) is 6.72. The Labute approximate surface area is 237 Å². The number of hydrogen-bond acceptors (Lipinski definition) is 4. The van der Waals surface area contributed by atoms with Crippen molar-refractivity contribution in [2.45, 2.75) is 57.5 Å². The van der Waals surface area contributed by atoms with Gasteiger partial charge in [-0.2, -0.15) is 0 Å². The summed E-state index contributed by atoms with van der Waals surface area (Å²) in [6.45, 7) is 4.22. The van der Waals surface area contributed by atoms with Crippen molar-refractivity contribution in [2.75, 3.05) is 33.3 Å². The summed E-state index contributed by atoms with van der Waals surface area (Å²) in [5.74, 6) is 1.47. The van der Waals surface area contributed by atoms with Crippen molar-refractivity contribution < 1.29 is 14.3 Å². The molecule has 2 aromatic carbocycles. The van der Waals surface area contributed by atoms with E-state index in [-0.39, 0.29) is 35.7 Å². The van der Waals surface area contributed by atoms with E-state index in [4.69, 9.17) is 16.3 Å². The van der Waals surface area contributed by atoms with Crippen molar-refractivity contribution in [3.63, 3.8) is 0 Å². The maximum Gasteiger partial charge on any atom is 0.229 e. The summed E-state index contributed by atoms with van der Waals surface area (Å²) in [6, 6.07) is 15.8. The average Bonchev–Trinajstić information content (AvgIpc) is 3.16. The molecule has 38 heavy (non-hydrogen) atoms. The third-order valence-corrected chi connectivity index (χ3v) is 8.96. The summed E-state index contributed by atoms with van der Waals surface area (Å²) in [4.78, 5) is 30.7. The van der Waals surface area contributed by atoms with Gasteiger partial charge in [0.2, 0.25) is 11.8 Å². The minimum absolute atomic E-state index is 0. The summed E-state index contributed by atoms with van der Waals surface area (Å²) >= 11 is 6.27. The number of likely N-dealkylation sites (tertiary alicyclic amines) is 2. The molecule has 2 heterocycles. The van der Waals surface area contributed by atoms with Crippen LogP contribution in [0.4, 0.5) is 0 Å². The number of halogens is 2. The first kappa shape index (κ1) is 28.7. The third-order valence-electron chi connectivity index (χ3n) is 8.72. The lowest BCUT2D eigenvalue weighted by atomic mass is 9.77. The van der Waals surface area contributed by atoms with Crippen LogP contribution < -0.4 is 10.1 Å². The van der Waals surface area contributed by atoms with Gasteiger partial charge in [-0.3, -0.25) is 9.59 Å². The minimum Gasteiger partial charge on any atom is -0.497 e. The Balaban J connectivity index is 0.00000336. The van der Waals surface area contributed by atoms with Crippen molar-refractivity contribution in [1.29, 1.82) is 0 Å². The Kier molecular flexibility index (Phi) is 9.61. The number of amides is 2. The van der Waals surface area contributed by atoms with Crippen LogP contribution in [0.1, 0.15) is 62.1 Å². The van der Waals surface area contributed by atoms with Crippen LogP contribution in [0.25, 0.3) is 0 Å². The van der Waals surface area contributed by atoms with E-state index in [2.05, 4.69) is 16.3 Å². The molecule has 3 aliphatic rings. The number of ether oxygens (including phenoxy) is 1. The Bertz CT molecular complexity index is 1100. The molecule has 0 aromatic heterocycles. The maximum absolute atomic E-state index is 13.4. The molecule has 5 rings (SSSR count). The molecule has 2 aromatic rings. The summed E-state index contributed by atoms with van der Waals surface area (Å²) in [5.41, 5.74) is 1.99. The molecule has 1 saturated carbocycles. The first-order valence-corrected chi connectivity index (χ1v) is 14.0. The van der Waals surface area contributed by atoms with Crippen molar-refractivity contribution in [1.82, 2.24) is 15.1 Å². The number of piperidine rings is 1. The van der Waals surface area contributed by atoms with Crippen LogP contribution >= 0.6 is 24.0 Å². The third kappa shape index (κ3) is 6.47. The molecular formula is C30H39Cl2N3O3. The highest BCUT2D eigenvalue weighted by Crippen LogP contribution is 2.42. The molecule has 1 atom stereocenters. The zero-order chi connectivity index (χ0) is 25.8. The van der Waals surface area contributed by atoms with Gasteiger partial charge in [0, 0.05) is 30.6 Å². The van der Waals surface area contributed by atoms with Crippen LogP contribution in [-0.2, 0) is 16.1 Å². The van der Waals surface area contributed by atoms with E-state index in [1.54, 1.807) is 7.11 Å². The van der Waals surface area contributed by atoms with Gasteiger partial charge in [0.1, 0.15) is 5.75 Å². The second kappa shape index (κ2) is 12.7. The predicted octanol–water partition coefficient (Wildman–Crippen LogP) is 5.63. The number of methoxy groups -OCH3 is 1. The molecule has 1 N–H and O–H groups in total. The summed E-state index contributed by atoms with van der Waals surface area (Å²) in [5, 5.41) is 3.99. The molecule has 206 valence electrons. The van der Waals surface area contributed by atoms with Crippen LogP contribution in [0.15, 0.2) is 48.5 Å². The number of carbonyl (C=O) groups is 2. The normalized spacial score (nSPS) is 20.1. The molecule has 0 bridgehead atoms. The Hall–Kier alpha value is -2.28. The molecule has 3 fully saturated rings. The highest BCUT2D eigenvalue weighted by molar-refractivity contribution is 6.30. The fraction of sp³-hybridized carbons (Fsp3) is 0.533. The lowest BCUT2D eigenvalue weighted by Gasteiger charge is -2.38. The second-order valence-electron chi connectivity index (χ2n) is 11.0. The highest BCUT2D eigenvalue weighted by Gasteiger charge is 2.47. The molecule has 1 aliphatic carbocycles. The number of nitrogens with zero attached hydrogens (tertiary/aromatic N) is 2. The van der Waals surface area contributed by atoms with E-state index in [0.717, 1.165) is 88.0 Å². The van der Waals surface area contributed by atoms with Crippen LogP contribution in [0.5, 0.6) is 5.75 Å². The second-order valence-corrected chi connectivity index (χ2v) is 11.4. The van der Waals surface area contributed by atoms with Gasteiger partial charge < -0.3 is 19.9 Å². The zero-order valence-electron chi connectivity index (χ0n) is 22.2. The predicted molar refractivity (Wildman–Crippen MR) is 153 cm³/mol. The van der Waals surface area contributed by atoms with Crippen LogP contribution in [-0.4, -0.2) is 54.9 Å². The van der Waals surface area contributed by atoms with Crippen molar-refractivity contribution in [3.8, 4) is 5.75 Å². The van der Waals surface area contributed by atoms with Gasteiger partial charge in [0.25, 0.3) is 0 Å². The smallest absolute Gasteiger partial charge is 0.229 e. The van der Waals surface area contributed by atoms with Gasteiger partial charge in [-0.25, -0.2) is 0 Å². The molecule has 6 nitrogen and oxygen atoms in total. The largest absolute Gasteiger partial charge is 0.497 e. The van der Waals surface area contributed by atoms with Crippen molar-refractivity contribution in [3.05, 3.63) is 64.7 Å². The molecule has 2 amide bonds. The Morgan fingerprint density at radius 1 is 1.11 bits per heavy atom. The van der Waals surface area contributed by atoms with Gasteiger partial charge in [0.05, 0.1) is 18.6 Å². The molecule has 1 spiro atoms. The van der Waals surface area contributed by atoms with Crippen LogP contribution in [0.3, 0.4) is 0 Å². The number of hydrogen-bond donors (Lipinski definition) is 1. The molecule has 8 heteroatoms. The zero-order valence-corrected chi connectivity index (χ0v) is 23.7. The van der Waals surface area contributed by atoms with E-state index in [1.807, 2.05) is 47.4 Å². The first-order valence-electron chi connectivity index (χ1n) is 13.7. The Morgan fingerprint density at radius 2 is 1.82 bits per heavy atom. The number of carbonyl (C=O) groups excluding carboxylic acids is 2. The number of nitrogens with one attached hydrogen (secondary N) is 1. The topological polar surface area (TPSA) is 61.9 Å². The van der Waals surface area contributed by atoms with E-state index in [1.165, 1.54) is 0 Å². The summed E-state index contributed by atoms with van der Waals surface area (Å²) in [7, 11) is 1.66. The standard InChI is InChI=1S/C30H38ClN3O3.ClH/c1-37-26-10-8-22(9-11-26)21-34-19-15-30(29(34)36)13-17-33(18-14-30)16-12-27(24-6-3-7-25(31)20-24)32-28(35)23-4-2-5-23;/h3,6-11,20,23,27H,2,4-5,12-19,21H2,1H3,(H,32,35);1H. The van der Waals surface area contributed by atoms with Gasteiger partial charge in [0.15, 0.2) is 0 Å². The molecule has 1 unspecified atom stereocenters. The first-order chi connectivity index (χ1) is 18.0. The molecule has 2 saturated heterocycles. The highest BCUT2D eigenvalue weighted by atomic mass is 35.5. The van der Waals surface area contributed by atoms with E-state index >= 15 is 0 Å². The van der Waals surface area contributed by atoms with E-state index in [9.17, 15) is 9.59 Å².